The predicted octanol–water partition coefficient (Wildman–Crippen LogP) is 4.77. The average Bonchev–Trinajstić information content (AvgIpc) is 2.82. The summed E-state index contributed by atoms with van der Waals surface area (Å²) in [6, 6.07) is 15.8. The summed E-state index contributed by atoms with van der Waals surface area (Å²) in [4.78, 5) is 0. The molecule has 0 N–H and O–H groups in total. The van der Waals surface area contributed by atoms with Gasteiger partial charge in [0.2, 0.25) is 0 Å². The summed E-state index contributed by atoms with van der Waals surface area (Å²) in [5, 5.41) is 4.02. The molecule has 2 aromatic carbocycles. The van der Waals surface area contributed by atoms with Crippen molar-refractivity contribution < 1.29 is 0 Å². The maximum atomic E-state index is 2.40. The highest BCUT2D eigenvalue weighted by molar-refractivity contribution is 6.05. The zero-order valence-electron chi connectivity index (χ0n) is 10.4. The zero-order chi connectivity index (χ0) is 11.8. The molecule has 0 saturated carbocycles. The van der Waals surface area contributed by atoms with Crippen LogP contribution >= 0.6 is 0 Å². The van der Waals surface area contributed by atoms with Crippen molar-refractivity contribution in [1.82, 2.24) is 4.57 Å². The molecule has 0 radical (unpaired) electrons. The number of hydrogen-bond donors (Lipinski definition) is 0. The second-order valence-electron chi connectivity index (χ2n) is 4.70. The molecule has 1 heteroatoms. The lowest BCUT2D eigenvalue weighted by molar-refractivity contribution is 0.549. The molecule has 1 atom stereocenters. The van der Waals surface area contributed by atoms with Crippen LogP contribution in [0.5, 0.6) is 0 Å². The Labute approximate surface area is 102 Å². The summed E-state index contributed by atoms with van der Waals surface area (Å²) in [7, 11) is 0. The van der Waals surface area contributed by atoms with E-state index in [1.807, 2.05) is 0 Å². The summed E-state index contributed by atoms with van der Waals surface area (Å²) in [5.74, 6) is 0. The molecule has 17 heavy (non-hydrogen) atoms. The Morgan fingerprint density at radius 1 is 1.00 bits per heavy atom. The second kappa shape index (κ2) is 3.92. The second-order valence-corrected chi connectivity index (χ2v) is 4.70. The van der Waals surface area contributed by atoms with Gasteiger partial charge in [-0.2, -0.15) is 0 Å². The van der Waals surface area contributed by atoms with E-state index in [9.17, 15) is 0 Å². The van der Waals surface area contributed by atoms with Gasteiger partial charge in [0.1, 0.15) is 0 Å². The molecular weight excluding hydrogens is 206 g/mol. The fraction of sp³-hybridized carbons (Fsp3) is 0.250. The highest BCUT2D eigenvalue weighted by Gasteiger charge is 2.09. The topological polar surface area (TPSA) is 4.93 Å². The van der Waals surface area contributed by atoms with Gasteiger partial charge in [-0.25, -0.2) is 0 Å². The van der Waals surface area contributed by atoms with Crippen LogP contribution in [0.3, 0.4) is 0 Å². The molecule has 0 bridgehead atoms. The van der Waals surface area contributed by atoms with E-state index in [1.165, 1.54) is 21.7 Å². The van der Waals surface area contributed by atoms with E-state index in [1.54, 1.807) is 0 Å². The van der Waals surface area contributed by atoms with E-state index >= 15 is 0 Å². The van der Waals surface area contributed by atoms with E-state index in [2.05, 4.69) is 67.1 Å². The molecule has 1 aromatic heterocycles. The normalized spacial score (nSPS) is 13.3. The summed E-state index contributed by atoms with van der Waals surface area (Å²) in [5.41, 5.74) is 1.37. The van der Waals surface area contributed by atoms with Crippen LogP contribution in [-0.2, 0) is 0 Å². The van der Waals surface area contributed by atoms with Crippen LogP contribution in [0.4, 0.5) is 0 Å². The van der Waals surface area contributed by atoms with Crippen LogP contribution in [0.1, 0.15) is 26.3 Å². The third kappa shape index (κ3) is 1.54. The largest absolute Gasteiger partial charge is 0.344 e. The summed E-state index contributed by atoms with van der Waals surface area (Å²) >= 11 is 0. The molecule has 86 valence electrons. The molecule has 0 aliphatic rings. The molecule has 0 aliphatic carbocycles. The minimum Gasteiger partial charge on any atom is -0.344 e. The fourth-order valence-electron chi connectivity index (χ4n) is 2.49. The molecule has 0 fully saturated rings. The number of rotatable bonds is 2. The predicted molar refractivity (Wildman–Crippen MR) is 74.4 cm³/mol. The van der Waals surface area contributed by atoms with Gasteiger partial charge in [0, 0.05) is 23.0 Å². The summed E-state index contributed by atoms with van der Waals surface area (Å²) in [6.07, 6.45) is 3.37. The van der Waals surface area contributed by atoms with Gasteiger partial charge in [-0.3, -0.25) is 0 Å². The smallest absolute Gasteiger partial charge is 0.0562 e. The number of fused-ring (bicyclic) bond motifs is 3. The first-order chi connectivity index (χ1) is 8.31. The number of benzene rings is 2. The molecule has 3 rings (SSSR count). The molecule has 0 spiro atoms. The van der Waals surface area contributed by atoms with Gasteiger partial charge >= 0.3 is 0 Å². The first-order valence-corrected chi connectivity index (χ1v) is 6.29. The molecule has 3 aromatic rings. The van der Waals surface area contributed by atoms with Crippen molar-refractivity contribution >= 4 is 21.7 Å². The Morgan fingerprint density at radius 2 is 1.76 bits per heavy atom. The van der Waals surface area contributed by atoms with Gasteiger partial charge in [-0.1, -0.05) is 43.3 Å². The Morgan fingerprint density at radius 3 is 2.59 bits per heavy atom. The van der Waals surface area contributed by atoms with Crippen LogP contribution in [-0.4, -0.2) is 4.57 Å². The zero-order valence-corrected chi connectivity index (χ0v) is 10.4. The lowest BCUT2D eigenvalue weighted by Gasteiger charge is -2.14. The monoisotopic (exact) mass is 223 g/mol. The Balaban J connectivity index is 2.42. The van der Waals surface area contributed by atoms with Crippen LogP contribution in [0, 0.1) is 0 Å². The van der Waals surface area contributed by atoms with Gasteiger partial charge in [0.25, 0.3) is 0 Å². The van der Waals surface area contributed by atoms with Gasteiger partial charge in [0.15, 0.2) is 0 Å². The molecule has 1 unspecified atom stereocenters. The number of aromatic nitrogens is 1. The lowest BCUT2D eigenvalue weighted by Crippen LogP contribution is -2.01. The van der Waals surface area contributed by atoms with Gasteiger partial charge < -0.3 is 4.57 Å². The van der Waals surface area contributed by atoms with Crippen molar-refractivity contribution in [3.8, 4) is 0 Å². The van der Waals surface area contributed by atoms with Crippen molar-refractivity contribution in [2.45, 2.75) is 26.3 Å². The van der Waals surface area contributed by atoms with Gasteiger partial charge in [0.05, 0.1) is 5.52 Å². The van der Waals surface area contributed by atoms with Gasteiger partial charge in [-0.15, -0.1) is 0 Å². The first-order valence-electron chi connectivity index (χ1n) is 6.29. The first kappa shape index (κ1) is 10.4. The SMILES string of the molecule is CCC(C)n1ccc2ccc3ccccc3c21. The summed E-state index contributed by atoms with van der Waals surface area (Å²) < 4.78 is 2.40. The molecule has 0 saturated heterocycles. The molecule has 0 amide bonds. The Kier molecular flexibility index (Phi) is 2.40. The summed E-state index contributed by atoms with van der Waals surface area (Å²) in [6.45, 7) is 4.52. The van der Waals surface area contributed by atoms with Crippen molar-refractivity contribution in [2.24, 2.45) is 0 Å². The highest BCUT2D eigenvalue weighted by Crippen LogP contribution is 2.29. The Hall–Kier alpha value is -1.76. The highest BCUT2D eigenvalue weighted by atomic mass is 15.0. The molecule has 1 nitrogen and oxygen atoms in total. The van der Waals surface area contributed by atoms with Crippen molar-refractivity contribution in [1.29, 1.82) is 0 Å². The van der Waals surface area contributed by atoms with E-state index in [0.717, 1.165) is 6.42 Å². The minimum absolute atomic E-state index is 0.554. The van der Waals surface area contributed by atoms with Gasteiger partial charge in [-0.05, 0) is 24.8 Å². The fourth-order valence-corrected chi connectivity index (χ4v) is 2.49. The third-order valence-corrected chi connectivity index (χ3v) is 3.67. The standard InChI is InChI=1S/C16H17N/c1-3-12(2)17-11-10-14-9-8-13-6-4-5-7-15(13)16(14)17/h4-12H,3H2,1-2H3. The van der Waals surface area contributed by atoms with E-state index in [-0.39, 0.29) is 0 Å². The van der Waals surface area contributed by atoms with E-state index in [4.69, 9.17) is 0 Å². The Bertz CT molecular complexity index is 663. The van der Waals surface area contributed by atoms with E-state index in [0.29, 0.717) is 6.04 Å². The third-order valence-electron chi connectivity index (χ3n) is 3.67. The number of nitrogens with zero attached hydrogens (tertiary/aromatic N) is 1. The maximum absolute atomic E-state index is 2.40. The van der Waals surface area contributed by atoms with Crippen LogP contribution < -0.4 is 0 Å². The van der Waals surface area contributed by atoms with Crippen LogP contribution in [0.15, 0.2) is 48.7 Å². The molecule has 0 aliphatic heterocycles. The van der Waals surface area contributed by atoms with Crippen molar-refractivity contribution in [2.75, 3.05) is 0 Å². The van der Waals surface area contributed by atoms with Crippen molar-refractivity contribution in [3.63, 3.8) is 0 Å². The molecule has 1 heterocycles. The quantitative estimate of drug-likeness (QED) is 0.590. The van der Waals surface area contributed by atoms with Crippen LogP contribution in [0.25, 0.3) is 21.7 Å². The lowest BCUT2D eigenvalue weighted by atomic mass is 10.1. The maximum Gasteiger partial charge on any atom is 0.0562 e. The van der Waals surface area contributed by atoms with E-state index < -0.39 is 0 Å². The molecular formula is C16H17N. The van der Waals surface area contributed by atoms with Crippen molar-refractivity contribution in [3.05, 3.63) is 48.7 Å². The van der Waals surface area contributed by atoms with Crippen LogP contribution in [0.2, 0.25) is 0 Å². The minimum atomic E-state index is 0.554. The number of hydrogen-bond acceptors (Lipinski definition) is 0. The average molecular weight is 223 g/mol.